The van der Waals surface area contributed by atoms with Crippen molar-refractivity contribution in [3.05, 3.63) is 132 Å². The third kappa shape index (κ3) is 8.67. The molecule has 15 nitrogen and oxygen atoms in total. The molecule has 0 spiro atoms. The molecule has 3 aromatic heterocycles. The van der Waals surface area contributed by atoms with E-state index in [0.29, 0.717) is 91.3 Å². The summed E-state index contributed by atoms with van der Waals surface area (Å²) in [4.78, 5) is 31.5. The average molecular weight is 993 g/mol. The van der Waals surface area contributed by atoms with Crippen LogP contribution in [0.25, 0.3) is 90.9 Å². The highest BCUT2D eigenvalue weighted by Crippen LogP contribution is 2.48. The van der Waals surface area contributed by atoms with Gasteiger partial charge < -0.3 is 57.3 Å². The van der Waals surface area contributed by atoms with Gasteiger partial charge in [0.1, 0.15) is 5.75 Å². The average Bonchev–Trinajstić information content (AvgIpc) is 4.32. The molecule has 0 unspecified atom stereocenters. The predicted octanol–water partition coefficient (Wildman–Crippen LogP) is 12.0. The molecule has 3 aliphatic rings. The van der Waals surface area contributed by atoms with E-state index in [2.05, 4.69) is 9.97 Å². The Labute approximate surface area is 426 Å². The number of carbonyl (C=O) groups is 1. The number of nitrogens with zero attached hydrogens (tertiary/aromatic N) is 2. The lowest BCUT2D eigenvalue weighted by molar-refractivity contribution is -0.135. The van der Waals surface area contributed by atoms with Crippen LogP contribution in [0.1, 0.15) is 22.8 Å². The molecule has 8 bridgehead atoms. The Bertz CT molecular complexity index is 3510. The van der Waals surface area contributed by atoms with E-state index in [1.165, 1.54) is 0 Å². The summed E-state index contributed by atoms with van der Waals surface area (Å²) in [5.74, 6) is 3.69. The molecule has 0 saturated carbocycles. The summed E-state index contributed by atoms with van der Waals surface area (Å²) in [6.45, 7) is 0. The maximum Gasteiger partial charge on any atom is 0.322 e. The molecule has 15 heteroatoms. The summed E-state index contributed by atoms with van der Waals surface area (Å²) in [7, 11) is 14.2. The Kier molecular flexibility index (Phi) is 13.3. The smallest absolute Gasteiger partial charge is 0.322 e. The van der Waals surface area contributed by atoms with Gasteiger partial charge in [0.05, 0.1) is 92.7 Å². The number of aromatic nitrogens is 4. The first-order valence-electron chi connectivity index (χ1n) is 23.4. The lowest BCUT2D eigenvalue weighted by Gasteiger charge is -2.15. The second-order valence-electron chi connectivity index (χ2n) is 17.0. The number of rotatable bonds is 15. The first-order chi connectivity index (χ1) is 36.1. The third-order valence-corrected chi connectivity index (χ3v) is 13.0. The van der Waals surface area contributed by atoms with E-state index in [1.54, 1.807) is 88.3 Å². The molecule has 374 valence electrons. The number of H-pyrrole nitrogens is 2. The zero-order valence-electron chi connectivity index (χ0n) is 42.2. The molecular formula is C59H52N4O11. The zero-order chi connectivity index (χ0) is 51.6. The third-order valence-electron chi connectivity index (χ3n) is 13.0. The number of carbonyl (C=O) groups excluding carboxylic acids is 1. The highest BCUT2D eigenvalue weighted by atomic mass is 16.5. The standard InChI is InChI=1S/C59H52N4O11/c1-65-46-26-34(27-47(66-2)56(46)71-7)53-40-20-18-38(60-40)52(32-14-16-37(17-15-32)74-59(64)33-12-10-11-13-33)39-19-21-41(61-39)54(35-28-48(67-3)57(72-8)49(29-35)68-4)43-23-25-45(63-43)55(44-24-22-42(53)62-44)36-30-50(69-5)58(73-9)51(31-36)70-6/h10-31,33,60,63H,1-9H3. The number of esters is 1. The maximum absolute atomic E-state index is 13.0. The normalized spacial score (nSPS) is 12.4. The van der Waals surface area contributed by atoms with Gasteiger partial charge in [-0.1, -0.05) is 36.4 Å². The minimum absolute atomic E-state index is 0.369. The molecule has 0 fully saturated rings. The van der Waals surface area contributed by atoms with Crippen LogP contribution in [-0.4, -0.2) is 89.9 Å². The number of aromatic amines is 2. The van der Waals surface area contributed by atoms with Crippen LogP contribution in [0.2, 0.25) is 0 Å². The topological polar surface area (TPSA) is 167 Å². The Hall–Kier alpha value is -9.37. The van der Waals surface area contributed by atoms with Crippen LogP contribution < -0.4 is 47.4 Å². The van der Waals surface area contributed by atoms with E-state index >= 15 is 0 Å². The predicted molar refractivity (Wildman–Crippen MR) is 287 cm³/mol. The van der Waals surface area contributed by atoms with E-state index in [-0.39, 0.29) is 5.97 Å². The quantitative estimate of drug-likeness (QED) is 0.0736. The van der Waals surface area contributed by atoms with Crippen LogP contribution in [0.4, 0.5) is 0 Å². The van der Waals surface area contributed by atoms with E-state index in [0.717, 1.165) is 55.5 Å². The number of allylic oxidation sites excluding steroid dienone is 2. The van der Waals surface area contributed by atoms with Gasteiger partial charge in [-0.25, -0.2) is 9.97 Å². The van der Waals surface area contributed by atoms with Crippen LogP contribution in [0, 0.1) is 5.92 Å². The summed E-state index contributed by atoms with van der Waals surface area (Å²) in [5, 5.41) is 0. The molecule has 10 rings (SSSR count). The summed E-state index contributed by atoms with van der Waals surface area (Å²) >= 11 is 0. The van der Waals surface area contributed by atoms with Crippen molar-refractivity contribution < 1.29 is 52.2 Å². The second kappa shape index (κ2) is 20.4. The highest BCUT2D eigenvalue weighted by Gasteiger charge is 2.25. The van der Waals surface area contributed by atoms with Crippen molar-refractivity contribution in [2.24, 2.45) is 5.92 Å². The molecule has 5 heterocycles. The molecule has 2 aliphatic heterocycles. The molecule has 4 aromatic carbocycles. The monoisotopic (exact) mass is 992 g/mol. The molecule has 74 heavy (non-hydrogen) atoms. The van der Waals surface area contributed by atoms with E-state index in [9.17, 15) is 4.79 Å². The van der Waals surface area contributed by atoms with Crippen LogP contribution in [0.3, 0.4) is 0 Å². The maximum atomic E-state index is 13.0. The molecule has 0 amide bonds. The number of methoxy groups -OCH3 is 9. The summed E-state index contributed by atoms with van der Waals surface area (Å²) < 4.78 is 58.5. The van der Waals surface area contributed by atoms with E-state index in [1.807, 2.05) is 109 Å². The van der Waals surface area contributed by atoms with Crippen molar-refractivity contribution in [3.63, 3.8) is 0 Å². The Morgan fingerprint density at radius 3 is 0.973 bits per heavy atom. The molecular weight excluding hydrogens is 941 g/mol. The molecule has 0 saturated heterocycles. The number of benzene rings is 4. The van der Waals surface area contributed by atoms with E-state index < -0.39 is 5.92 Å². The van der Waals surface area contributed by atoms with E-state index in [4.69, 9.17) is 57.3 Å². The van der Waals surface area contributed by atoms with Gasteiger partial charge in [-0.15, -0.1) is 0 Å². The van der Waals surface area contributed by atoms with Gasteiger partial charge in [0, 0.05) is 44.3 Å². The largest absolute Gasteiger partial charge is 0.493 e. The fourth-order valence-corrected chi connectivity index (χ4v) is 9.56. The minimum atomic E-state index is -0.448. The van der Waals surface area contributed by atoms with Crippen molar-refractivity contribution in [2.45, 2.75) is 0 Å². The van der Waals surface area contributed by atoms with Crippen LogP contribution in [0.5, 0.6) is 57.5 Å². The first kappa shape index (κ1) is 48.3. The molecule has 0 atom stereocenters. The summed E-state index contributed by atoms with van der Waals surface area (Å²) in [6, 6.07) is 26.9. The zero-order valence-corrected chi connectivity index (χ0v) is 42.2. The summed E-state index contributed by atoms with van der Waals surface area (Å²) in [5.41, 5.74) is 11.4. The number of nitrogens with one attached hydrogen (secondary N) is 2. The van der Waals surface area contributed by atoms with Gasteiger partial charge in [0.15, 0.2) is 34.5 Å². The molecule has 1 aliphatic carbocycles. The lowest BCUT2D eigenvalue weighted by atomic mass is 10.0. The van der Waals surface area contributed by atoms with Crippen LogP contribution >= 0.6 is 0 Å². The van der Waals surface area contributed by atoms with Crippen molar-refractivity contribution in [1.29, 1.82) is 0 Å². The second-order valence-corrected chi connectivity index (χ2v) is 17.0. The van der Waals surface area contributed by atoms with Crippen molar-refractivity contribution in [2.75, 3.05) is 64.0 Å². The van der Waals surface area contributed by atoms with Gasteiger partial charge >= 0.3 is 5.97 Å². The van der Waals surface area contributed by atoms with Gasteiger partial charge in [0.25, 0.3) is 0 Å². The highest BCUT2D eigenvalue weighted by molar-refractivity contribution is 6.01. The molecule has 0 radical (unpaired) electrons. The Balaban J connectivity index is 1.35. The van der Waals surface area contributed by atoms with Crippen molar-refractivity contribution >= 4 is 52.3 Å². The fourth-order valence-electron chi connectivity index (χ4n) is 9.56. The fraction of sp³-hybridized carbons (Fsp3) is 0.169. The Morgan fingerprint density at radius 2 is 0.689 bits per heavy atom. The number of fused-ring (bicyclic) bond motifs is 8. The van der Waals surface area contributed by atoms with Gasteiger partial charge in [-0.3, -0.25) is 4.79 Å². The van der Waals surface area contributed by atoms with Crippen molar-refractivity contribution in [3.8, 4) is 102 Å². The number of hydrogen-bond acceptors (Lipinski definition) is 13. The van der Waals surface area contributed by atoms with Crippen molar-refractivity contribution in [1.82, 2.24) is 19.9 Å². The SMILES string of the molecule is COc1cc(-c2c3nc(c(-c4cc(OC)c(OC)c(OC)c4)c4ccc([nH]4)c(-c4cc(OC)c(OC)c(OC)c4)c4nc(c(-c5ccc(OC(=O)C6C=CC=C6)cc5)c5ccc2[nH]5)C=C4)C=C3)cc(OC)c1OC. The van der Waals surface area contributed by atoms with Gasteiger partial charge in [-0.2, -0.15) is 0 Å². The van der Waals surface area contributed by atoms with Gasteiger partial charge in [-0.05, 0) is 119 Å². The molecule has 2 N–H and O–H groups in total. The lowest BCUT2D eigenvalue weighted by Crippen LogP contribution is -2.15. The molecule has 7 aromatic rings. The number of ether oxygens (including phenoxy) is 10. The van der Waals surface area contributed by atoms with Crippen LogP contribution in [0.15, 0.2) is 109 Å². The van der Waals surface area contributed by atoms with Crippen LogP contribution in [-0.2, 0) is 4.79 Å². The minimum Gasteiger partial charge on any atom is -0.493 e. The number of hydrogen-bond donors (Lipinski definition) is 2. The summed E-state index contributed by atoms with van der Waals surface area (Å²) in [6.07, 6.45) is 15.2. The van der Waals surface area contributed by atoms with Gasteiger partial charge in [0.2, 0.25) is 17.2 Å². The Morgan fingerprint density at radius 1 is 0.392 bits per heavy atom. The first-order valence-corrected chi connectivity index (χ1v) is 23.4.